The van der Waals surface area contributed by atoms with Gasteiger partial charge in [0.15, 0.2) is 5.17 Å². The molecule has 0 bridgehead atoms. The van der Waals surface area contributed by atoms with Crippen molar-refractivity contribution >= 4 is 40.1 Å². The first kappa shape index (κ1) is 17.2. The highest BCUT2D eigenvalue weighted by molar-refractivity contribution is 8.14. The van der Waals surface area contributed by atoms with Crippen LogP contribution in [0.2, 0.25) is 0 Å². The molecule has 1 unspecified atom stereocenters. The molecule has 3 rings (SSSR count). The molecule has 7 heteroatoms. The molecule has 0 spiro atoms. The fourth-order valence-corrected chi connectivity index (χ4v) is 4.52. The van der Waals surface area contributed by atoms with Crippen molar-refractivity contribution in [2.24, 2.45) is 10.9 Å². The van der Waals surface area contributed by atoms with Gasteiger partial charge < -0.3 is 4.74 Å². The molecule has 3 heterocycles. The second-order valence-corrected chi connectivity index (χ2v) is 8.21. The van der Waals surface area contributed by atoms with Crippen molar-refractivity contribution in [2.75, 3.05) is 12.4 Å². The monoisotopic (exact) mass is 364 g/mol. The molecule has 1 amide bonds. The van der Waals surface area contributed by atoms with Crippen molar-refractivity contribution in [3.8, 4) is 0 Å². The van der Waals surface area contributed by atoms with Crippen LogP contribution in [-0.2, 0) is 14.3 Å². The van der Waals surface area contributed by atoms with Gasteiger partial charge in [-0.25, -0.2) is 9.79 Å². The number of amidine groups is 1. The topological polar surface area (TPSA) is 59.0 Å². The third kappa shape index (κ3) is 3.28. The maximum Gasteiger partial charge on any atom is 0.338 e. The number of ether oxygens (including phenoxy) is 1. The third-order valence-electron chi connectivity index (χ3n) is 3.79. The molecular formula is C17H20N2O3S2. The Balaban J connectivity index is 2.03. The number of thiophene rings is 1. The first-order valence-corrected chi connectivity index (χ1v) is 9.80. The molecule has 2 aliphatic rings. The molecule has 5 nitrogen and oxygen atoms in total. The standard InChI is InChI=1S/C17H20N2O3S2/c1-10(2)9-22-16(21)14-11(3)18-17-19(13(20)6-8-24-17)15(14)12-5-4-7-23-12/h4-5,7,10,15H,6,8-9H2,1-3H3. The number of hydrogen-bond acceptors (Lipinski definition) is 6. The summed E-state index contributed by atoms with van der Waals surface area (Å²) in [6, 6.07) is 3.45. The number of carbonyl (C=O) groups is 2. The van der Waals surface area contributed by atoms with E-state index < -0.39 is 6.04 Å². The van der Waals surface area contributed by atoms with Crippen molar-refractivity contribution in [3.63, 3.8) is 0 Å². The van der Waals surface area contributed by atoms with Gasteiger partial charge in [-0.05, 0) is 24.3 Å². The Hall–Kier alpha value is -1.60. The van der Waals surface area contributed by atoms with E-state index in [1.54, 1.807) is 16.7 Å². The van der Waals surface area contributed by atoms with Crippen LogP contribution in [-0.4, -0.2) is 34.3 Å². The van der Waals surface area contributed by atoms with Crippen LogP contribution in [0.25, 0.3) is 0 Å². The second-order valence-electron chi connectivity index (χ2n) is 6.17. The summed E-state index contributed by atoms with van der Waals surface area (Å²) < 4.78 is 5.45. The Kier molecular flexibility index (Phi) is 5.10. The molecule has 2 aliphatic heterocycles. The lowest BCUT2D eigenvalue weighted by molar-refractivity contribution is -0.141. The van der Waals surface area contributed by atoms with Gasteiger partial charge in [-0.2, -0.15) is 0 Å². The minimum Gasteiger partial charge on any atom is -0.462 e. The molecule has 128 valence electrons. The summed E-state index contributed by atoms with van der Waals surface area (Å²) in [6.07, 6.45) is 0.457. The highest BCUT2D eigenvalue weighted by atomic mass is 32.2. The number of thioether (sulfide) groups is 1. The number of carbonyl (C=O) groups excluding carboxylic acids is 2. The molecule has 0 radical (unpaired) electrons. The van der Waals surface area contributed by atoms with E-state index in [2.05, 4.69) is 4.99 Å². The summed E-state index contributed by atoms with van der Waals surface area (Å²) in [5.41, 5.74) is 1.10. The van der Waals surface area contributed by atoms with E-state index in [4.69, 9.17) is 4.74 Å². The van der Waals surface area contributed by atoms with Crippen molar-refractivity contribution in [1.82, 2.24) is 4.90 Å². The quantitative estimate of drug-likeness (QED) is 0.766. The lowest BCUT2D eigenvalue weighted by atomic mass is 10.00. The van der Waals surface area contributed by atoms with E-state index in [1.165, 1.54) is 11.3 Å². The number of esters is 1. The van der Waals surface area contributed by atoms with Crippen molar-refractivity contribution in [1.29, 1.82) is 0 Å². The van der Waals surface area contributed by atoms with Crippen LogP contribution in [0, 0.1) is 5.92 Å². The maximum atomic E-state index is 12.7. The highest BCUT2D eigenvalue weighted by Crippen LogP contribution is 2.41. The van der Waals surface area contributed by atoms with Crippen LogP contribution in [0.15, 0.2) is 33.8 Å². The fourth-order valence-electron chi connectivity index (χ4n) is 2.69. The van der Waals surface area contributed by atoms with Crippen molar-refractivity contribution < 1.29 is 14.3 Å². The second kappa shape index (κ2) is 7.11. The molecule has 0 aromatic carbocycles. The zero-order valence-corrected chi connectivity index (χ0v) is 15.6. The zero-order valence-electron chi connectivity index (χ0n) is 13.9. The van der Waals surface area contributed by atoms with E-state index in [9.17, 15) is 9.59 Å². The lowest BCUT2D eigenvalue weighted by Gasteiger charge is -2.38. The summed E-state index contributed by atoms with van der Waals surface area (Å²) in [4.78, 5) is 32.4. The first-order chi connectivity index (χ1) is 11.5. The third-order valence-corrected chi connectivity index (χ3v) is 5.67. The molecular weight excluding hydrogens is 344 g/mol. The summed E-state index contributed by atoms with van der Waals surface area (Å²) in [5.74, 6) is 0.606. The number of rotatable bonds is 4. The highest BCUT2D eigenvalue weighted by Gasteiger charge is 2.42. The Morgan fingerprint density at radius 2 is 2.29 bits per heavy atom. The van der Waals surface area contributed by atoms with Crippen LogP contribution in [0.1, 0.15) is 38.1 Å². The van der Waals surface area contributed by atoms with Crippen LogP contribution in [0.4, 0.5) is 0 Å². The van der Waals surface area contributed by atoms with Crippen molar-refractivity contribution in [2.45, 2.75) is 33.2 Å². The summed E-state index contributed by atoms with van der Waals surface area (Å²) in [6.45, 7) is 6.16. The Labute approximate surface area is 149 Å². The number of hydrogen-bond donors (Lipinski definition) is 0. The van der Waals surface area contributed by atoms with Crippen LogP contribution in [0.3, 0.4) is 0 Å². The molecule has 1 aromatic rings. The molecule has 1 fully saturated rings. The molecule has 1 saturated heterocycles. The Bertz CT molecular complexity index is 707. The van der Waals surface area contributed by atoms with Gasteiger partial charge in [-0.15, -0.1) is 11.3 Å². The number of aliphatic imine (C=N–C) groups is 1. The number of nitrogens with zero attached hydrogens (tertiary/aromatic N) is 2. The first-order valence-electron chi connectivity index (χ1n) is 7.94. The summed E-state index contributed by atoms with van der Waals surface area (Å²) in [7, 11) is 0. The number of fused-ring (bicyclic) bond motifs is 1. The molecule has 0 aliphatic carbocycles. The van der Waals surface area contributed by atoms with Gasteiger partial charge in [0.1, 0.15) is 6.04 Å². The van der Waals surface area contributed by atoms with Gasteiger partial charge in [-0.1, -0.05) is 31.7 Å². The Morgan fingerprint density at radius 1 is 1.50 bits per heavy atom. The van der Waals surface area contributed by atoms with E-state index in [1.807, 2.05) is 38.3 Å². The summed E-state index contributed by atoms with van der Waals surface area (Å²) in [5, 5.41) is 2.64. The molecule has 24 heavy (non-hydrogen) atoms. The minimum absolute atomic E-state index is 0.00700. The lowest BCUT2D eigenvalue weighted by Crippen LogP contribution is -2.45. The average molecular weight is 364 g/mol. The Morgan fingerprint density at radius 3 is 2.96 bits per heavy atom. The molecule has 0 saturated carbocycles. The van der Waals surface area contributed by atoms with Crippen LogP contribution in [0.5, 0.6) is 0 Å². The fraction of sp³-hybridized carbons (Fsp3) is 0.471. The van der Waals surface area contributed by atoms with Gasteiger partial charge in [0.05, 0.1) is 17.9 Å². The predicted octanol–water partition coefficient (Wildman–Crippen LogP) is 3.60. The van der Waals surface area contributed by atoms with Gasteiger partial charge in [0.2, 0.25) is 5.91 Å². The van der Waals surface area contributed by atoms with E-state index in [-0.39, 0.29) is 17.8 Å². The SMILES string of the molecule is CC1=C(C(=O)OCC(C)C)C(c2cccs2)N2C(=O)CCSC2=N1. The normalized spacial score (nSPS) is 21.0. The number of allylic oxidation sites excluding steroid dienone is 1. The van der Waals surface area contributed by atoms with Gasteiger partial charge in [0.25, 0.3) is 0 Å². The summed E-state index contributed by atoms with van der Waals surface area (Å²) >= 11 is 3.10. The van der Waals surface area contributed by atoms with Crippen LogP contribution >= 0.6 is 23.1 Å². The molecule has 0 N–H and O–H groups in total. The minimum atomic E-state index is -0.433. The maximum absolute atomic E-state index is 12.7. The van der Waals surface area contributed by atoms with E-state index in [0.717, 1.165) is 10.6 Å². The average Bonchev–Trinajstić information content (AvgIpc) is 3.05. The largest absolute Gasteiger partial charge is 0.462 e. The van der Waals surface area contributed by atoms with Crippen molar-refractivity contribution in [3.05, 3.63) is 33.7 Å². The molecule has 1 aromatic heterocycles. The zero-order chi connectivity index (χ0) is 17.3. The van der Waals surface area contributed by atoms with Crippen LogP contribution < -0.4 is 0 Å². The van der Waals surface area contributed by atoms with E-state index >= 15 is 0 Å². The molecule has 1 atom stereocenters. The van der Waals surface area contributed by atoms with Gasteiger partial charge in [0, 0.05) is 17.1 Å². The van der Waals surface area contributed by atoms with E-state index in [0.29, 0.717) is 29.5 Å². The number of amides is 1. The van der Waals surface area contributed by atoms with Gasteiger partial charge in [-0.3, -0.25) is 9.69 Å². The van der Waals surface area contributed by atoms with Gasteiger partial charge >= 0.3 is 5.97 Å². The predicted molar refractivity (Wildman–Crippen MR) is 96.9 cm³/mol. The smallest absolute Gasteiger partial charge is 0.338 e.